The summed E-state index contributed by atoms with van der Waals surface area (Å²) in [6.45, 7) is 4.88. The summed E-state index contributed by atoms with van der Waals surface area (Å²) in [5, 5.41) is 0. The smallest absolute Gasteiger partial charge is 0.242 e. The maximum atomic E-state index is 12.3. The molecule has 0 unspecified atom stereocenters. The van der Waals surface area contributed by atoms with Crippen LogP contribution in [0.4, 0.5) is 5.69 Å². The number of hydrogen-bond acceptors (Lipinski definition) is 4. The van der Waals surface area contributed by atoms with Gasteiger partial charge in [-0.05, 0) is 38.0 Å². The lowest BCUT2D eigenvalue weighted by molar-refractivity contribution is -0.128. The third-order valence-electron chi connectivity index (χ3n) is 4.11. The number of likely N-dealkylation sites (tertiary alicyclic amines) is 1. The third-order valence-corrected chi connectivity index (χ3v) is 4.11. The zero-order valence-electron chi connectivity index (χ0n) is 12.3. The fourth-order valence-corrected chi connectivity index (χ4v) is 2.89. The third kappa shape index (κ3) is 2.86. The first-order valence-corrected chi connectivity index (χ1v) is 7.45. The van der Waals surface area contributed by atoms with E-state index in [1.54, 1.807) is 13.0 Å². The highest BCUT2D eigenvalue weighted by Crippen LogP contribution is 2.32. The fourth-order valence-electron chi connectivity index (χ4n) is 2.89. The monoisotopic (exact) mass is 288 g/mol. The molecule has 5 nitrogen and oxygen atoms in total. The summed E-state index contributed by atoms with van der Waals surface area (Å²) in [6.07, 6.45) is 2.19. The molecule has 0 spiro atoms. The van der Waals surface area contributed by atoms with Gasteiger partial charge in [0, 0.05) is 18.7 Å². The maximum absolute atomic E-state index is 12.3. The molecular weight excluding hydrogens is 268 g/mol. The first-order chi connectivity index (χ1) is 10.1. The predicted molar refractivity (Wildman–Crippen MR) is 80.0 cm³/mol. The molecule has 2 aliphatic rings. The molecule has 3 rings (SSSR count). The molecule has 0 atom stereocenters. The predicted octanol–water partition coefficient (Wildman–Crippen LogP) is 1.71. The van der Waals surface area contributed by atoms with E-state index < -0.39 is 0 Å². The van der Waals surface area contributed by atoms with Crippen molar-refractivity contribution in [2.45, 2.75) is 19.8 Å². The van der Waals surface area contributed by atoms with Gasteiger partial charge in [-0.15, -0.1) is 0 Å². The zero-order chi connectivity index (χ0) is 14.8. The molecule has 0 bridgehead atoms. The summed E-state index contributed by atoms with van der Waals surface area (Å²) in [5.41, 5.74) is 1.50. The van der Waals surface area contributed by atoms with Crippen LogP contribution in [0.3, 0.4) is 0 Å². The Morgan fingerprint density at radius 2 is 1.95 bits per heavy atom. The molecule has 1 fully saturated rings. The topological polar surface area (TPSA) is 49.9 Å². The summed E-state index contributed by atoms with van der Waals surface area (Å²) in [7, 11) is 0. The van der Waals surface area contributed by atoms with Gasteiger partial charge >= 0.3 is 0 Å². The van der Waals surface area contributed by atoms with Crippen LogP contribution in [0, 0.1) is 0 Å². The number of carbonyl (C=O) groups excluding carboxylic acids is 2. The number of benzene rings is 1. The lowest BCUT2D eigenvalue weighted by Gasteiger charge is -2.32. The van der Waals surface area contributed by atoms with Gasteiger partial charge in [0.25, 0.3) is 0 Å². The van der Waals surface area contributed by atoms with Crippen LogP contribution in [-0.2, 0) is 4.79 Å². The molecule has 0 radical (unpaired) electrons. The molecule has 112 valence electrons. The molecule has 0 N–H and O–H groups in total. The molecule has 1 aromatic rings. The summed E-state index contributed by atoms with van der Waals surface area (Å²) >= 11 is 0. The van der Waals surface area contributed by atoms with Crippen molar-refractivity contribution in [3.8, 4) is 5.75 Å². The van der Waals surface area contributed by atoms with Crippen LogP contribution in [0.15, 0.2) is 18.2 Å². The summed E-state index contributed by atoms with van der Waals surface area (Å²) in [4.78, 5) is 27.8. The number of ether oxygens (including phenoxy) is 1. The molecule has 0 aromatic heterocycles. The number of Topliss-reactive ketones (excluding diaryl/α,β-unsaturated/α-hetero) is 1. The van der Waals surface area contributed by atoms with Gasteiger partial charge in [-0.2, -0.15) is 0 Å². The number of carbonyl (C=O) groups is 2. The lowest BCUT2D eigenvalue weighted by atomic mass is 10.1. The quantitative estimate of drug-likeness (QED) is 0.795. The molecule has 5 heteroatoms. The fraction of sp³-hybridized carbons (Fsp3) is 0.500. The molecule has 0 saturated carbocycles. The minimum Gasteiger partial charge on any atom is -0.490 e. The van der Waals surface area contributed by atoms with Crippen LogP contribution in [0.1, 0.15) is 30.1 Å². The second-order valence-electron chi connectivity index (χ2n) is 5.60. The highest BCUT2D eigenvalue weighted by Gasteiger charge is 2.25. The Labute approximate surface area is 124 Å². The molecular formula is C16H20N2O3. The van der Waals surface area contributed by atoms with Crippen molar-refractivity contribution in [3.63, 3.8) is 0 Å². The minimum atomic E-state index is 0.0224. The molecule has 21 heavy (non-hydrogen) atoms. The highest BCUT2D eigenvalue weighted by atomic mass is 16.5. The number of fused-ring (bicyclic) bond motifs is 1. The van der Waals surface area contributed by atoms with E-state index in [-0.39, 0.29) is 11.7 Å². The van der Waals surface area contributed by atoms with Crippen molar-refractivity contribution in [3.05, 3.63) is 23.8 Å². The van der Waals surface area contributed by atoms with E-state index in [1.807, 2.05) is 21.9 Å². The van der Waals surface area contributed by atoms with Gasteiger partial charge in [0.15, 0.2) is 5.78 Å². The van der Waals surface area contributed by atoms with Crippen LogP contribution in [-0.4, -0.2) is 49.4 Å². The number of anilines is 1. The van der Waals surface area contributed by atoms with Gasteiger partial charge in [0.1, 0.15) is 12.4 Å². The molecule has 0 aliphatic carbocycles. The van der Waals surface area contributed by atoms with E-state index >= 15 is 0 Å². The van der Waals surface area contributed by atoms with Crippen molar-refractivity contribution in [1.29, 1.82) is 0 Å². The van der Waals surface area contributed by atoms with Crippen molar-refractivity contribution in [2.24, 2.45) is 0 Å². The van der Waals surface area contributed by atoms with Gasteiger partial charge in [-0.25, -0.2) is 0 Å². The normalized spacial score (nSPS) is 17.4. The van der Waals surface area contributed by atoms with Crippen molar-refractivity contribution in [1.82, 2.24) is 4.90 Å². The van der Waals surface area contributed by atoms with E-state index in [0.717, 1.165) is 37.4 Å². The zero-order valence-corrected chi connectivity index (χ0v) is 12.3. The lowest BCUT2D eigenvalue weighted by Crippen LogP contribution is -2.42. The second kappa shape index (κ2) is 5.76. The number of ketones is 1. The SMILES string of the molecule is CC(=O)c1ccc2c(c1)N(CC(=O)N1CCCC1)CCO2. The Morgan fingerprint density at radius 1 is 1.19 bits per heavy atom. The average molecular weight is 288 g/mol. The van der Waals surface area contributed by atoms with E-state index in [4.69, 9.17) is 4.74 Å². The van der Waals surface area contributed by atoms with Gasteiger partial charge in [0.05, 0.1) is 18.8 Å². The Morgan fingerprint density at radius 3 is 2.67 bits per heavy atom. The number of amides is 1. The number of rotatable bonds is 3. The van der Waals surface area contributed by atoms with Gasteiger partial charge in [-0.3, -0.25) is 9.59 Å². The Kier molecular flexibility index (Phi) is 3.82. The molecule has 1 saturated heterocycles. The summed E-state index contributed by atoms with van der Waals surface area (Å²) in [6, 6.07) is 5.42. The largest absolute Gasteiger partial charge is 0.490 e. The van der Waals surface area contributed by atoms with Crippen molar-refractivity contribution < 1.29 is 14.3 Å². The molecule has 2 heterocycles. The van der Waals surface area contributed by atoms with Gasteiger partial charge < -0.3 is 14.5 Å². The van der Waals surface area contributed by atoms with Crippen LogP contribution >= 0.6 is 0 Å². The van der Waals surface area contributed by atoms with Gasteiger partial charge in [-0.1, -0.05) is 0 Å². The maximum Gasteiger partial charge on any atom is 0.242 e. The number of hydrogen-bond donors (Lipinski definition) is 0. The van der Waals surface area contributed by atoms with Crippen LogP contribution in [0.2, 0.25) is 0 Å². The second-order valence-corrected chi connectivity index (χ2v) is 5.60. The highest BCUT2D eigenvalue weighted by molar-refractivity contribution is 5.96. The van der Waals surface area contributed by atoms with Crippen LogP contribution in [0.5, 0.6) is 5.75 Å². The van der Waals surface area contributed by atoms with Crippen LogP contribution < -0.4 is 9.64 Å². The van der Waals surface area contributed by atoms with Crippen molar-refractivity contribution in [2.75, 3.05) is 37.7 Å². The first-order valence-electron chi connectivity index (χ1n) is 7.45. The van der Waals surface area contributed by atoms with Crippen LogP contribution in [0.25, 0.3) is 0 Å². The first kappa shape index (κ1) is 13.9. The average Bonchev–Trinajstić information content (AvgIpc) is 3.01. The molecule has 1 amide bonds. The van der Waals surface area contributed by atoms with E-state index in [0.29, 0.717) is 25.3 Å². The standard InChI is InChI=1S/C16H20N2O3/c1-12(19)13-4-5-15-14(10-13)18(8-9-21-15)11-16(20)17-6-2-3-7-17/h4-5,10H,2-3,6-9,11H2,1H3. The summed E-state index contributed by atoms with van der Waals surface area (Å²) in [5.74, 6) is 0.934. The minimum absolute atomic E-state index is 0.0224. The molecule has 2 aliphatic heterocycles. The number of nitrogens with zero attached hydrogens (tertiary/aromatic N) is 2. The summed E-state index contributed by atoms with van der Waals surface area (Å²) < 4.78 is 5.62. The Bertz CT molecular complexity index is 565. The Hall–Kier alpha value is -2.04. The van der Waals surface area contributed by atoms with E-state index in [1.165, 1.54) is 0 Å². The van der Waals surface area contributed by atoms with Crippen molar-refractivity contribution >= 4 is 17.4 Å². The van der Waals surface area contributed by atoms with E-state index in [9.17, 15) is 9.59 Å². The Balaban J connectivity index is 1.80. The molecule has 1 aromatic carbocycles. The van der Waals surface area contributed by atoms with Gasteiger partial charge in [0.2, 0.25) is 5.91 Å². The van der Waals surface area contributed by atoms with E-state index in [2.05, 4.69) is 0 Å².